The van der Waals surface area contributed by atoms with Crippen LogP contribution >= 0.6 is 0 Å². The van der Waals surface area contributed by atoms with Gasteiger partial charge >= 0.3 is 5.97 Å². The lowest BCUT2D eigenvalue weighted by Crippen LogP contribution is -1.99. The Bertz CT molecular complexity index is 583. The standard InChI is InChI=1S/C14H13NO4/c16-8-6-10-3-1-2-4-12(10)19-13-9-11(14(17)18)5-7-15-13/h1-5,7,9,16H,6,8H2,(H,17,18). The molecule has 0 spiro atoms. The summed E-state index contributed by atoms with van der Waals surface area (Å²) in [5.41, 5.74) is 0.956. The zero-order valence-electron chi connectivity index (χ0n) is 10.1. The SMILES string of the molecule is O=C(O)c1ccnc(Oc2ccccc2CCO)c1. The molecule has 0 amide bonds. The van der Waals surface area contributed by atoms with Crippen molar-refractivity contribution in [1.29, 1.82) is 0 Å². The molecule has 0 saturated heterocycles. The van der Waals surface area contributed by atoms with Gasteiger partial charge in [0.25, 0.3) is 0 Å². The fraction of sp³-hybridized carbons (Fsp3) is 0.143. The smallest absolute Gasteiger partial charge is 0.335 e. The highest BCUT2D eigenvalue weighted by Crippen LogP contribution is 2.24. The van der Waals surface area contributed by atoms with Crippen LogP contribution in [-0.4, -0.2) is 27.8 Å². The number of aromatic nitrogens is 1. The number of carbonyl (C=O) groups is 1. The van der Waals surface area contributed by atoms with Crippen molar-refractivity contribution in [3.05, 3.63) is 53.7 Å². The number of para-hydroxylation sites is 1. The van der Waals surface area contributed by atoms with Crippen LogP contribution in [0.4, 0.5) is 0 Å². The average molecular weight is 259 g/mol. The number of aliphatic hydroxyl groups is 1. The molecule has 0 radical (unpaired) electrons. The van der Waals surface area contributed by atoms with Crippen molar-refractivity contribution in [3.8, 4) is 11.6 Å². The Balaban J connectivity index is 2.26. The summed E-state index contributed by atoms with van der Waals surface area (Å²) in [5.74, 6) is -0.257. The molecule has 19 heavy (non-hydrogen) atoms. The van der Waals surface area contributed by atoms with Crippen LogP contribution in [0.2, 0.25) is 0 Å². The molecule has 2 N–H and O–H groups in total. The molecule has 0 saturated carbocycles. The first-order valence-corrected chi connectivity index (χ1v) is 5.76. The summed E-state index contributed by atoms with van der Waals surface area (Å²) in [6.07, 6.45) is 1.85. The van der Waals surface area contributed by atoms with Gasteiger partial charge < -0.3 is 14.9 Å². The molecule has 0 unspecified atom stereocenters. The second kappa shape index (κ2) is 5.97. The lowest BCUT2D eigenvalue weighted by Gasteiger charge is -2.09. The summed E-state index contributed by atoms with van der Waals surface area (Å²) in [6.45, 7) is 0.0168. The van der Waals surface area contributed by atoms with Crippen molar-refractivity contribution in [2.24, 2.45) is 0 Å². The van der Waals surface area contributed by atoms with Crippen molar-refractivity contribution in [2.75, 3.05) is 6.61 Å². The Hall–Kier alpha value is -2.40. The van der Waals surface area contributed by atoms with Crippen LogP contribution in [0.1, 0.15) is 15.9 Å². The molecule has 1 heterocycles. The van der Waals surface area contributed by atoms with Crippen molar-refractivity contribution in [1.82, 2.24) is 4.98 Å². The molecule has 0 aliphatic carbocycles. The van der Waals surface area contributed by atoms with E-state index in [0.717, 1.165) is 5.56 Å². The van der Waals surface area contributed by atoms with Crippen LogP contribution in [0, 0.1) is 0 Å². The lowest BCUT2D eigenvalue weighted by atomic mass is 10.1. The summed E-state index contributed by atoms with van der Waals surface area (Å²) in [5, 5.41) is 17.9. The zero-order valence-corrected chi connectivity index (χ0v) is 10.1. The molecular formula is C14H13NO4. The van der Waals surface area contributed by atoms with E-state index in [0.29, 0.717) is 12.2 Å². The molecule has 98 valence electrons. The summed E-state index contributed by atoms with van der Waals surface area (Å²) < 4.78 is 5.57. The van der Waals surface area contributed by atoms with E-state index < -0.39 is 5.97 Å². The number of aliphatic hydroxyl groups excluding tert-OH is 1. The Morgan fingerprint density at radius 1 is 1.26 bits per heavy atom. The minimum absolute atomic E-state index is 0.0168. The number of rotatable bonds is 5. The Morgan fingerprint density at radius 2 is 2.05 bits per heavy atom. The number of benzene rings is 1. The monoisotopic (exact) mass is 259 g/mol. The number of nitrogens with zero attached hydrogens (tertiary/aromatic N) is 1. The third-order valence-electron chi connectivity index (χ3n) is 2.55. The topological polar surface area (TPSA) is 79.7 Å². The third kappa shape index (κ3) is 3.29. The molecular weight excluding hydrogens is 246 g/mol. The molecule has 2 rings (SSSR count). The van der Waals surface area contributed by atoms with Gasteiger partial charge in [-0.3, -0.25) is 0 Å². The molecule has 0 aliphatic heterocycles. The van der Waals surface area contributed by atoms with Gasteiger partial charge in [-0.25, -0.2) is 9.78 Å². The maximum atomic E-state index is 10.9. The van der Waals surface area contributed by atoms with Crippen LogP contribution in [0.3, 0.4) is 0 Å². The number of hydrogen-bond donors (Lipinski definition) is 2. The number of hydrogen-bond acceptors (Lipinski definition) is 4. The van der Waals surface area contributed by atoms with Crippen LogP contribution < -0.4 is 4.74 Å². The van der Waals surface area contributed by atoms with Crippen LogP contribution in [0.5, 0.6) is 11.6 Å². The van der Waals surface area contributed by atoms with Gasteiger partial charge in [-0.05, 0) is 24.1 Å². The quantitative estimate of drug-likeness (QED) is 0.859. The summed E-state index contributed by atoms with van der Waals surface area (Å²) in [6, 6.07) is 10.00. The number of carboxylic acids is 1. The second-order valence-electron chi connectivity index (χ2n) is 3.87. The maximum Gasteiger partial charge on any atom is 0.335 e. The molecule has 0 fully saturated rings. The first-order chi connectivity index (χ1) is 9.20. The highest BCUT2D eigenvalue weighted by molar-refractivity contribution is 5.87. The minimum atomic E-state index is -1.03. The van der Waals surface area contributed by atoms with Crippen molar-refractivity contribution >= 4 is 5.97 Å². The fourth-order valence-corrected chi connectivity index (χ4v) is 1.64. The normalized spacial score (nSPS) is 10.2. The average Bonchev–Trinajstić information content (AvgIpc) is 2.41. The van der Waals surface area contributed by atoms with Gasteiger partial charge in [0.05, 0.1) is 5.56 Å². The van der Waals surface area contributed by atoms with Crippen molar-refractivity contribution in [3.63, 3.8) is 0 Å². The Kier molecular flexibility index (Phi) is 4.10. The van der Waals surface area contributed by atoms with E-state index in [1.165, 1.54) is 18.3 Å². The molecule has 1 aromatic carbocycles. The van der Waals surface area contributed by atoms with E-state index in [1.54, 1.807) is 12.1 Å². The molecule has 2 aromatic rings. The van der Waals surface area contributed by atoms with Crippen molar-refractivity contribution < 1.29 is 19.7 Å². The van der Waals surface area contributed by atoms with Gasteiger partial charge in [0.15, 0.2) is 0 Å². The molecule has 0 aliphatic rings. The molecule has 5 heteroatoms. The molecule has 5 nitrogen and oxygen atoms in total. The lowest BCUT2D eigenvalue weighted by molar-refractivity contribution is 0.0696. The largest absolute Gasteiger partial charge is 0.478 e. The third-order valence-corrected chi connectivity index (χ3v) is 2.55. The Labute approximate surface area is 110 Å². The van der Waals surface area contributed by atoms with E-state index >= 15 is 0 Å². The van der Waals surface area contributed by atoms with Gasteiger partial charge in [0.1, 0.15) is 5.75 Å². The number of pyridine rings is 1. The van der Waals surface area contributed by atoms with E-state index in [9.17, 15) is 4.79 Å². The van der Waals surface area contributed by atoms with E-state index in [4.69, 9.17) is 14.9 Å². The first kappa shape index (κ1) is 13.0. The first-order valence-electron chi connectivity index (χ1n) is 5.76. The van der Waals surface area contributed by atoms with Gasteiger partial charge in [-0.2, -0.15) is 0 Å². The Morgan fingerprint density at radius 3 is 2.79 bits per heavy atom. The van der Waals surface area contributed by atoms with Gasteiger partial charge in [0.2, 0.25) is 5.88 Å². The summed E-state index contributed by atoms with van der Waals surface area (Å²) in [7, 11) is 0. The highest BCUT2D eigenvalue weighted by Gasteiger charge is 2.08. The van der Waals surface area contributed by atoms with Crippen LogP contribution in [0.15, 0.2) is 42.6 Å². The number of ether oxygens (including phenoxy) is 1. The van der Waals surface area contributed by atoms with Gasteiger partial charge in [-0.15, -0.1) is 0 Å². The number of carboxylic acid groups (broad SMARTS) is 1. The summed E-state index contributed by atoms with van der Waals surface area (Å²) in [4.78, 5) is 14.8. The van der Waals surface area contributed by atoms with E-state index in [1.807, 2.05) is 12.1 Å². The minimum Gasteiger partial charge on any atom is -0.478 e. The van der Waals surface area contributed by atoms with Crippen LogP contribution in [0.25, 0.3) is 0 Å². The zero-order chi connectivity index (χ0) is 13.7. The summed E-state index contributed by atoms with van der Waals surface area (Å²) >= 11 is 0. The van der Waals surface area contributed by atoms with Gasteiger partial charge in [0, 0.05) is 18.9 Å². The molecule has 1 aromatic heterocycles. The van der Waals surface area contributed by atoms with E-state index in [2.05, 4.69) is 4.98 Å². The predicted molar refractivity (Wildman–Crippen MR) is 68.5 cm³/mol. The van der Waals surface area contributed by atoms with Crippen LogP contribution in [-0.2, 0) is 6.42 Å². The molecule has 0 bridgehead atoms. The van der Waals surface area contributed by atoms with Crippen molar-refractivity contribution in [2.45, 2.75) is 6.42 Å². The van der Waals surface area contributed by atoms with Gasteiger partial charge in [-0.1, -0.05) is 18.2 Å². The maximum absolute atomic E-state index is 10.9. The fourth-order valence-electron chi connectivity index (χ4n) is 1.64. The second-order valence-corrected chi connectivity index (χ2v) is 3.87. The highest BCUT2D eigenvalue weighted by atomic mass is 16.5. The predicted octanol–water partition coefficient (Wildman–Crippen LogP) is 2.11. The van der Waals surface area contributed by atoms with E-state index in [-0.39, 0.29) is 18.1 Å². The number of aromatic carboxylic acids is 1. The molecule has 0 atom stereocenters.